The normalized spacial score (nSPS) is 24.3. The van der Waals surface area contributed by atoms with Crippen LogP contribution in [0.1, 0.15) is 50.2 Å². The number of hydrogen-bond donors (Lipinski definition) is 0. The van der Waals surface area contributed by atoms with Crippen molar-refractivity contribution in [1.82, 2.24) is 9.21 Å². The van der Waals surface area contributed by atoms with Gasteiger partial charge in [-0.15, -0.1) is 0 Å². The fourth-order valence-electron chi connectivity index (χ4n) is 5.27. The van der Waals surface area contributed by atoms with Crippen LogP contribution in [0, 0.1) is 12.8 Å². The molecule has 1 heterocycles. The van der Waals surface area contributed by atoms with Gasteiger partial charge in [-0.25, -0.2) is 21.7 Å². The maximum absolute atomic E-state index is 14.3. The van der Waals surface area contributed by atoms with E-state index in [9.17, 15) is 17.8 Å². The van der Waals surface area contributed by atoms with Crippen LogP contribution in [0.15, 0.2) is 57.8 Å². The lowest BCUT2D eigenvalue weighted by atomic mass is 9.90. The Hall–Kier alpha value is -2.03. The summed E-state index contributed by atoms with van der Waals surface area (Å²) in [7, 11) is -1.49. The molecule has 1 amide bonds. The van der Waals surface area contributed by atoms with Crippen molar-refractivity contribution in [3.05, 3.63) is 64.7 Å². The van der Waals surface area contributed by atoms with E-state index in [0.717, 1.165) is 11.1 Å². The van der Waals surface area contributed by atoms with E-state index in [0.29, 0.717) is 29.4 Å². The van der Waals surface area contributed by atoms with Crippen molar-refractivity contribution >= 4 is 27.4 Å². The second-order valence-corrected chi connectivity index (χ2v) is 12.9. The van der Waals surface area contributed by atoms with Crippen molar-refractivity contribution in [2.45, 2.75) is 75.4 Å². The molecular formula is C27H34ClF2N3O2S. The SMILES string of the molecule is CN=S(=O)(c1ccc(C)cc1)N1CC(C)CC1C(=O)N(Cc1ccc(Cl)cc1)C1CCC(F)(F)CC1. The van der Waals surface area contributed by atoms with E-state index in [-0.39, 0.29) is 43.6 Å². The molecule has 2 fully saturated rings. The van der Waals surface area contributed by atoms with E-state index in [2.05, 4.69) is 4.36 Å². The largest absolute Gasteiger partial charge is 0.334 e. The fourth-order valence-corrected chi connectivity index (χ4v) is 7.55. The van der Waals surface area contributed by atoms with Crippen LogP contribution in [0.3, 0.4) is 0 Å². The van der Waals surface area contributed by atoms with Gasteiger partial charge in [-0.3, -0.25) is 4.79 Å². The molecule has 36 heavy (non-hydrogen) atoms. The molecule has 3 unspecified atom stereocenters. The van der Waals surface area contributed by atoms with E-state index in [4.69, 9.17) is 11.6 Å². The predicted molar refractivity (Wildman–Crippen MR) is 139 cm³/mol. The first-order valence-corrected chi connectivity index (χ1v) is 14.3. The van der Waals surface area contributed by atoms with Gasteiger partial charge in [0, 0.05) is 44.0 Å². The van der Waals surface area contributed by atoms with Crippen LogP contribution in [-0.4, -0.2) is 50.9 Å². The Morgan fingerprint density at radius 3 is 2.33 bits per heavy atom. The van der Waals surface area contributed by atoms with Crippen LogP contribution in [0.4, 0.5) is 8.78 Å². The predicted octanol–water partition coefficient (Wildman–Crippen LogP) is 6.34. The summed E-state index contributed by atoms with van der Waals surface area (Å²) in [6.45, 7) is 4.76. The third-order valence-corrected chi connectivity index (χ3v) is 9.99. The quantitative estimate of drug-likeness (QED) is 0.432. The lowest BCUT2D eigenvalue weighted by Gasteiger charge is -2.39. The van der Waals surface area contributed by atoms with Gasteiger partial charge < -0.3 is 4.90 Å². The summed E-state index contributed by atoms with van der Waals surface area (Å²) < 4.78 is 48.3. The van der Waals surface area contributed by atoms with E-state index >= 15 is 0 Å². The number of rotatable bonds is 6. The summed E-state index contributed by atoms with van der Waals surface area (Å²) in [5, 5.41) is 0.590. The number of amides is 1. The Labute approximate surface area is 218 Å². The summed E-state index contributed by atoms with van der Waals surface area (Å²) in [6.07, 6.45) is 0.534. The molecule has 0 spiro atoms. The monoisotopic (exact) mass is 537 g/mol. The summed E-state index contributed by atoms with van der Waals surface area (Å²) in [4.78, 5) is 16.5. The van der Waals surface area contributed by atoms with Gasteiger partial charge in [0.1, 0.15) is 16.0 Å². The molecule has 4 rings (SSSR count). The van der Waals surface area contributed by atoms with Crippen LogP contribution >= 0.6 is 11.6 Å². The number of hydrogen-bond acceptors (Lipinski definition) is 3. The van der Waals surface area contributed by atoms with E-state index in [1.54, 1.807) is 21.3 Å². The highest BCUT2D eigenvalue weighted by Gasteiger charge is 2.45. The first-order valence-electron chi connectivity index (χ1n) is 12.4. The second kappa shape index (κ2) is 10.8. The third-order valence-electron chi connectivity index (χ3n) is 7.32. The Morgan fingerprint density at radius 1 is 1.14 bits per heavy atom. The molecule has 5 nitrogen and oxygen atoms in total. The van der Waals surface area contributed by atoms with Crippen LogP contribution < -0.4 is 0 Å². The first kappa shape index (κ1) is 27.0. The van der Waals surface area contributed by atoms with Crippen LogP contribution in [0.2, 0.25) is 5.02 Å². The number of halogens is 3. The lowest BCUT2D eigenvalue weighted by Crippen LogP contribution is -2.52. The Bertz CT molecular complexity index is 1190. The molecule has 2 aliphatic rings. The number of carbonyl (C=O) groups excluding carboxylic acids is 1. The molecule has 9 heteroatoms. The van der Waals surface area contributed by atoms with Gasteiger partial charge in [0.05, 0.1) is 4.90 Å². The van der Waals surface area contributed by atoms with E-state index in [1.165, 1.54) is 7.05 Å². The zero-order valence-electron chi connectivity index (χ0n) is 21.0. The van der Waals surface area contributed by atoms with Crippen molar-refractivity contribution in [2.75, 3.05) is 13.6 Å². The average Bonchev–Trinajstić information content (AvgIpc) is 3.26. The van der Waals surface area contributed by atoms with Gasteiger partial charge in [0.2, 0.25) is 11.8 Å². The highest BCUT2D eigenvalue weighted by atomic mass is 35.5. The van der Waals surface area contributed by atoms with Gasteiger partial charge in [0.15, 0.2) is 0 Å². The topological polar surface area (TPSA) is 53.0 Å². The minimum Gasteiger partial charge on any atom is -0.334 e. The molecule has 1 saturated carbocycles. The molecule has 0 N–H and O–H groups in total. The van der Waals surface area contributed by atoms with Crippen molar-refractivity contribution in [1.29, 1.82) is 0 Å². The fraction of sp³-hybridized carbons (Fsp3) is 0.519. The van der Waals surface area contributed by atoms with Crippen LogP contribution in [-0.2, 0) is 21.3 Å². The van der Waals surface area contributed by atoms with Crippen LogP contribution in [0.25, 0.3) is 0 Å². The number of carbonyl (C=O) groups is 1. The summed E-state index contributed by atoms with van der Waals surface area (Å²) in [5.74, 6) is -2.73. The lowest BCUT2D eigenvalue weighted by molar-refractivity contribution is -0.141. The van der Waals surface area contributed by atoms with Crippen molar-refractivity contribution in [3.8, 4) is 0 Å². The molecule has 0 bridgehead atoms. The third kappa shape index (κ3) is 5.76. The van der Waals surface area contributed by atoms with E-state index in [1.807, 2.05) is 50.2 Å². The van der Waals surface area contributed by atoms with Gasteiger partial charge in [-0.05, 0) is 61.9 Å². The van der Waals surface area contributed by atoms with Gasteiger partial charge in [-0.2, -0.15) is 0 Å². The standard InChI is InChI=1S/C27H34ClF2N3O2S/c1-19-4-10-24(11-5-19)36(35,31-3)33-17-20(2)16-25(33)26(34)32(18-21-6-8-22(28)9-7-21)23-12-14-27(29,30)15-13-23/h4-11,20,23,25H,12-18H2,1-3H3. The number of benzene rings is 2. The second-order valence-electron chi connectivity index (χ2n) is 10.1. The maximum Gasteiger partial charge on any atom is 0.248 e. The van der Waals surface area contributed by atoms with Crippen LogP contribution in [0.5, 0.6) is 0 Å². The average molecular weight is 538 g/mol. The minimum atomic E-state index is -3.02. The molecule has 1 aliphatic heterocycles. The Kier molecular flexibility index (Phi) is 8.07. The molecule has 0 radical (unpaired) electrons. The number of nitrogens with zero attached hydrogens (tertiary/aromatic N) is 3. The Morgan fingerprint density at radius 2 is 1.75 bits per heavy atom. The summed E-state index contributed by atoms with van der Waals surface area (Å²) in [6, 6.07) is 13.7. The summed E-state index contributed by atoms with van der Waals surface area (Å²) >= 11 is 6.05. The smallest absolute Gasteiger partial charge is 0.248 e. The minimum absolute atomic E-state index is 0.139. The summed E-state index contributed by atoms with van der Waals surface area (Å²) in [5.41, 5.74) is 1.92. The van der Waals surface area contributed by atoms with Crippen molar-refractivity contribution in [2.24, 2.45) is 10.3 Å². The molecule has 1 saturated heterocycles. The molecule has 1 aliphatic carbocycles. The van der Waals surface area contributed by atoms with Gasteiger partial charge >= 0.3 is 0 Å². The highest BCUT2D eigenvalue weighted by molar-refractivity contribution is 7.91. The highest BCUT2D eigenvalue weighted by Crippen LogP contribution is 2.38. The van der Waals surface area contributed by atoms with Gasteiger partial charge in [-0.1, -0.05) is 48.4 Å². The number of alkyl halides is 2. The molecule has 196 valence electrons. The van der Waals surface area contributed by atoms with Gasteiger partial charge in [0.25, 0.3) is 0 Å². The Balaban J connectivity index is 1.67. The van der Waals surface area contributed by atoms with Crippen molar-refractivity contribution in [3.63, 3.8) is 0 Å². The molecule has 0 aromatic heterocycles. The first-order chi connectivity index (χ1) is 17.0. The zero-order chi connectivity index (χ0) is 26.1. The maximum atomic E-state index is 14.3. The van der Waals surface area contributed by atoms with E-state index < -0.39 is 21.9 Å². The molecule has 2 aromatic rings. The number of aryl methyl sites for hydroxylation is 1. The molecule has 3 atom stereocenters. The molecular weight excluding hydrogens is 504 g/mol. The van der Waals surface area contributed by atoms with Crippen molar-refractivity contribution < 1.29 is 17.8 Å². The zero-order valence-corrected chi connectivity index (χ0v) is 22.6. The molecule has 2 aromatic carbocycles.